The molecule has 13 heteroatoms. The Balaban J connectivity index is 2.20. The Morgan fingerprint density at radius 1 is 1.00 bits per heavy atom. The van der Waals surface area contributed by atoms with E-state index in [2.05, 4.69) is 25.9 Å². The van der Waals surface area contributed by atoms with Crippen LogP contribution < -0.4 is 21.7 Å². The van der Waals surface area contributed by atoms with Gasteiger partial charge in [0, 0.05) is 24.7 Å². The van der Waals surface area contributed by atoms with Crippen molar-refractivity contribution in [3.05, 3.63) is 48.0 Å². The number of hydrogen-bond acceptors (Lipinski definition) is 8. The first-order valence-corrected chi connectivity index (χ1v) is 11.8. The summed E-state index contributed by atoms with van der Waals surface area (Å²) in [7, 11) is 0. The van der Waals surface area contributed by atoms with E-state index in [0.717, 1.165) is 0 Å². The smallest absolute Gasteiger partial charge is 0.326 e. The van der Waals surface area contributed by atoms with Gasteiger partial charge in [-0.1, -0.05) is 32.4 Å². The summed E-state index contributed by atoms with van der Waals surface area (Å²) >= 11 is 0. The Morgan fingerprint density at radius 2 is 1.65 bits per heavy atom. The molecule has 2 rings (SSSR count). The average Bonchev–Trinajstić information content (AvgIpc) is 3.39. The van der Waals surface area contributed by atoms with E-state index in [1.165, 1.54) is 24.7 Å². The number of phenols is 1. The number of aromatic nitrogens is 2. The first-order valence-electron chi connectivity index (χ1n) is 11.8. The fourth-order valence-electron chi connectivity index (χ4n) is 3.47. The first kappa shape index (κ1) is 29.3. The van der Waals surface area contributed by atoms with Gasteiger partial charge >= 0.3 is 5.97 Å². The van der Waals surface area contributed by atoms with Crippen LogP contribution in [0.5, 0.6) is 5.75 Å². The zero-order chi connectivity index (χ0) is 27.5. The van der Waals surface area contributed by atoms with Crippen LogP contribution in [0.15, 0.2) is 36.8 Å². The highest BCUT2D eigenvalue weighted by molar-refractivity contribution is 5.94. The number of carbonyl (C=O) groups is 4. The Kier molecular flexibility index (Phi) is 11.0. The van der Waals surface area contributed by atoms with Crippen molar-refractivity contribution < 1.29 is 34.5 Å². The van der Waals surface area contributed by atoms with Crippen molar-refractivity contribution in [2.75, 3.05) is 6.61 Å². The number of H-pyrrole nitrogens is 1. The normalized spacial score (nSPS) is 15.0. The van der Waals surface area contributed by atoms with Crippen LogP contribution in [0.4, 0.5) is 0 Å². The summed E-state index contributed by atoms with van der Waals surface area (Å²) in [5, 5.41) is 35.9. The number of aliphatic carboxylic acids is 1. The third-order valence-electron chi connectivity index (χ3n) is 5.93. The monoisotopic (exact) mass is 518 g/mol. The quantitative estimate of drug-likeness (QED) is 0.150. The number of nitrogens with two attached hydrogens (primary N) is 1. The maximum Gasteiger partial charge on any atom is 0.326 e. The lowest BCUT2D eigenvalue weighted by Crippen LogP contribution is -2.59. The number of aliphatic hydroxyl groups excluding tert-OH is 1. The van der Waals surface area contributed by atoms with Crippen molar-refractivity contribution in [1.29, 1.82) is 0 Å². The zero-order valence-corrected chi connectivity index (χ0v) is 20.7. The number of phenolic OH excluding ortho intramolecular Hbond substituents is 1. The molecule has 1 aromatic carbocycles. The summed E-state index contributed by atoms with van der Waals surface area (Å²) in [6.45, 7) is 2.91. The number of rotatable bonds is 14. The first-order chi connectivity index (χ1) is 17.5. The highest BCUT2D eigenvalue weighted by atomic mass is 16.4. The summed E-state index contributed by atoms with van der Waals surface area (Å²) in [6, 6.07) is 1.12. The maximum atomic E-state index is 13.2. The molecule has 0 radical (unpaired) electrons. The van der Waals surface area contributed by atoms with Gasteiger partial charge in [0.2, 0.25) is 17.7 Å². The van der Waals surface area contributed by atoms with Crippen LogP contribution >= 0.6 is 0 Å². The van der Waals surface area contributed by atoms with Gasteiger partial charge in [-0.15, -0.1) is 0 Å². The molecule has 9 N–H and O–H groups in total. The summed E-state index contributed by atoms with van der Waals surface area (Å²) < 4.78 is 0. The molecule has 1 heterocycles. The van der Waals surface area contributed by atoms with Gasteiger partial charge in [0.1, 0.15) is 29.9 Å². The minimum atomic E-state index is -1.29. The molecule has 13 nitrogen and oxygen atoms in total. The highest BCUT2D eigenvalue weighted by Crippen LogP contribution is 2.13. The number of nitrogens with zero attached hydrogens (tertiary/aromatic N) is 1. The SMILES string of the molecule is CCC(C)C(NC(=O)C(Cc1cnc[nH]1)NC(=O)C(N)CO)C(=O)NC(Cc1ccc(O)cc1)C(=O)O. The van der Waals surface area contributed by atoms with Crippen molar-refractivity contribution in [2.24, 2.45) is 11.7 Å². The van der Waals surface area contributed by atoms with E-state index in [9.17, 15) is 29.4 Å². The number of hydrogen-bond donors (Lipinski definition) is 8. The topological polar surface area (TPSA) is 220 Å². The molecule has 1 aromatic heterocycles. The third kappa shape index (κ3) is 8.88. The number of aromatic amines is 1. The summed E-state index contributed by atoms with van der Waals surface area (Å²) in [4.78, 5) is 57.2. The van der Waals surface area contributed by atoms with Crippen LogP contribution in [0.2, 0.25) is 0 Å². The molecule has 2 aromatic rings. The molecule has 0 aliphatic rings. The predicted octanol–water partition coefficient (Wildman–Crippen LogP) is -1.19. The molecule has 0 saturated heterocycles. The van der Waals surface area contributed by atoms with Crippen molar-refractivity contribution in [3.8, 4) is 5.75 Å². The number of amides is 3. The molecule has 37 heavy (non-hydrogen) atoms. The van der Waals surface area contributed by atoms with Crippen LogP contribution in [0.3, 0.4) is 0 Å². The number of aliphatic hydroxyl groups is 1. The lowest BCUT2D eigenvalue weighted by molar-refractivity contribution is -0.142. The second-order valence-corrected chi connectivity index (χ2v) is 8.77. The van der Waals surface area contributed by atoms with Crippen molar-refractivity contribution in [3.63, 3.8) is 0 Å². The number of benzene rings is 1. The molecule has 0 fully saturated rings. The van der Waals surface area contributed by atoms with Crippen LogP contribution in [-0.4, -0.2) is 79.8 Å². The largest absolute Gasteiger partial charge is 0.508 e. The van der Waals surface area contributed by atoms with Crippen LogP contribution in [0.25, 0.3) is 0 Å². The van der Waals surface area contributed by atoms with Crippen LogP contribution in [0.1, 0.15) is 31.5 Å². The number of carbonyl (C=O) groups excluding carboxylic acids is 3. The number of aromatic hydroxyl groups is 1. The van der Waals surface area contributed by atoms with Gasteiger partial charge in [0.25, 0.3) is 0 Å². The van der Waals surface area contributed by atoms with Crippen molar-refractivity contribution in [1.82, 2.24) is 25.9 Å². The average molecular weight is 519 g/mol. The molecule has 3 amide bonds. The van der Waals surface area contributed by atoms with Gasteiger partial charge in [0.05, 0.1) is 12.9 Å². The lowest BCUT2D eigenvalue weighted by Gasteiger charge is -2.28. The highest BCUT2D eigenvalue weighted by Gasteiger charge is 2.33. The van der Waals surface area contributed by atoms with E-state index < -0.39 is 54.5 Å². The van der Waals surface area contributed by atoms with Crippen molar-refractivity contribution >= 4 is 23.7 Å². The Morgan fingerprint density at radius 3 is 2.19 bits per heavy atom. The number of carboxylic acid groups (broad SMARTS) is 1. The van der Waals surface area contributed by atoms with Gasteiger partial charge in [-0.05, 0) is 23.6 Å². The summed E-state index contributed by atoms with van der Waals surface area (Å²) in [5.41, 5.74) is 6.68. The lowest BCUT2D eigenvalue weighted by atomic mass is 9.96. The number of nitrogens with one attached hydrogen (secondary N) is 4. The molecule has 5 atom stereocenters. The van der Waals surface area contributed by atoms with Gasteiger partial charge in [0.15, 0.2) is 0 Å². The van der Waals surface area contributed by atoms with E-state index in [-0.39, 0.29) is 24.5 Å². The molecule has 0 bridgehead atoms. The second-order valence-electron chi connectivity index (χ2n) is 8.77. The summed E-state index contributed by atoms with van der Waals surface area (Å²) in [6.07, 6.45) is 3.32. The third-order valence-corrected chi connectivity index (χ3v) is 5.93. The molecule has 5 unspecified atom stereocenters. The van der Waals surface area contributed by atoms with E-state index >= 15 is 0 Å². The fraction of sp³-hybridized carbons (Fsp3) is 0.458. The second kappa shape index (κ2) is 13.9. The standard InChI is InChI=1S/C24H34N6O7/c1-3-13(2)20(23(35)29-19(24(36)37)8-14-4-6-16(32)7-5-14)30-22(34)18(9-15-10-26-12-27-15)28-21(33)17(25)11-31/h4-7,10,12-13,17-20,31-32H,3,8-9,11,25H2,1-2H3,(H,26,27)(H,28,33)(H,29,35)(H,30,34)(H,36,37). The van der Waals surface area contributed by atoms with E-state index in [1.54, 1.807) is 19.1 Å². The van der Waals surface area contributed by atoms with Gasteiger partial charge in [-0.25, -0.2) is 9.78 Å². The molecule has 0 aliphatic heterocycles. The maximum absolute atomic E-state index is 13.2. The zero-order valence-electron chi connectivity index (χ0n) is 20.7. The minimum Gasteiger partial charge on any atom is -0.508 e. The van der Waals surface area contributed by atoms with E-state index in [1.807, 2.05) is 6.92 Å². The van der Waals surface area contributed by atoms with Gasteiger partial charge < -0.3 is 42.0 Å². The Bertz CT molecular complexity index is 1040. The Hall–Kier alpha value is -3.97. The Labute approximate surface area is 213 Å². The van der Waals surface area contributed by atoms with E-state index in [0.29, 0.717) is 17.7 Å². The molecule has 0 aliphatic carbocycles. The van der Waals surface area contributed by atoms with E-state index in [4.69, 9.17) is 10.8 Å². The molecule has 202 valence electrons. The number of imidazole rings is 1. The van der Waals surface area contributed by atoms with Crippen molar-refractivity contribution in [2.45, 2.75) is 57.3 Å². The molecular formula is C24H34N6O7. The fourth-order valence-corrected chi connectivity index (χ4v) is 3.47. The van der Waals surface area contributed by atoms with Gasteiger partial charge in [-0.3, -0.25) is 14.4 Å². The molecule has 0 saturated carbocycles. The van der Waals surface area contributed by atoms with Crippen LogP contribution in [-0.2, 0) is 32.0 Å². The molecule has 0 spiro atoms. The summed E-state index contributed by atoms with van der Waals surface area (Å²) in [5.74, 6) is -3.78. The molecular weight excluding hydrogens is 484 g/mol. The van der Waals surface area contributed by atoms with Gasteiger partial charge in [-0.2, -0.15) is 0 Å². The minimum absolute atomic E-state index is 0.00315. The number of carboxylic acids is 1. The predicted molar refractivity (Wildman–Crippen MR) is 132 cm³/mol. The van der Waals surface area contributed by atoms with Crippen LogP contribution in [0, 0.1) is 5.92 Å².